The molecule has 0 amide bonds. The van der Waals surface area contributed by atoms with Crippen LogP contribution in [0.5, 0.6) is 0 Å². The molecule has 2 heterocycles. The minimum Gasteiger partial charge on any atom is -0.381 e. The summed E-state index contributed by atoms with van der Waals surface area (Å²) in [4.78, 5) is 4.46. The third-order valence-corrected chi connectivity index (χ3v) is 4.19. The van der Waals surface area contributed by atoms with Gasteiger partial charge in [0.05, 0.1) is 12.5 Å². The standard InChI is InChI=1S/C14H23N3O2/c1-2-4-11(3-1)10-18-8-6-13-16-14(19-17-13)12-5-7-15-9-12/h11-12,15H,1-10H2. The molecule has 5 nitrogen and oxygen atoms in total. The van der Waals surface area contributed by atoms with E-state index in [1.807, 2.05) is 0 Å². The van der Waals surface area contributed by atoms with Crippen molar-refractivity contribution in [3.05, 3.63) is 11.7 Å². The van der Waals surface area contributed by atoms with Crippen LogP contribution in [0.15, 0.2) is 4.52 Å². The van der Waals surface area contributed by atoms with E-state index in [1.54, 1.807) is 0 Å². The molecule has 19 heavy (non-hydrogen) atoms. The average Bonchev–Trinajstić information content (AvgIpc) is 3.15. The van der Waals surface area contributed by atoms with Crippen LogP contribution in [0.2, 0.25) is 0 Å². The monoisotopic (exact) mass is 265 g/mol. The van der Waals surface area contributed by atoms with E-state index in [9.17, 15) is 0 Å². The Bertz CT molecular complexity index is 382. The zero-order valence-electron chi connectivity index (χ0n) is 11.4. The second-order valence-electron chi connectivity index (χ2n) is 5.71. The van der Waals surface area contributed by atoms with Gasteiger partial charge in [-0.25, -0.2) is 0 Å². The van der Waals surface area contributed by atoms with Crippen molar-refractivity contribution in [3.8, 4) is 0 Å². The molecular formula is C14H23N3O2. The first-order valence-corrected chi connectivity index (χ1v) is 7.53. The molecule has 0 spiro atoms. The molecule has 1 saturated heterocycles. The minimum absolute atomic E-state index is 0.403. The van der Waals surface area contributed by atoms with Gasteiger partial charge >= 0.3 is 0 Å². The highest BCUT2D eigenvalue weighted by Gasteiger charge is 2.22. The van der Waals surface area contributed by atoms with Crippen LogP contribution in [-0.4, -0.2) is 36.4 Å². The number of rotatable bonds is 6. The van der Waals surface area contributed by atoms with Crippen LogP contribution in [0, 0.1) is 5.92 Å². The van der Waals surface area contributed by atoms with E-state index in [0.717, 1.165) is 50.2 Å². The van der Waals surface area contributed by atoms with E-state index < -0.39 is 0 Å². The van der Waals surface area contributed by atoms with Gasteiger partial charge in [0.1, 0.15) is 0 Å². The van der Waals surface area contributed by atoms with Crippen LogP contribution < -0.4 is 5.32 Å². The molecule has 0 aromatic carbocycles. The van der Waals surface area contributed by atoms with E-state index in [0.29, 0.717) is 12.5 Å². The molecule has 2 fully saturated rings. The lowest BCUT2D eigenvalue weighted by molar-refractivity contribution is 0.102. The van der Waals surface area contributed by atoms with Crippen molar-refractivity contribution >= 4 is 0 Å². The summed E-state index contributed by atoms with van der Waals surface area (Å²) < 4.78 is 11.0. The maximum absolute atomic E-state index is 5.72. The summed E-state index contributed by atoms with van der Waals surface area (Å²) in [5.41, 5.74) is 0. The van der Waals surface area contributed by atoms with Gasteiger partial charge in [0, 0.05) is 19.6 Å². The maximum Gasteiger partial charge on any atom is 0.231 e. The molecule has 1 aromatic rings. The molecule has 1 aromatic heterocycles. The molecule has 1 N–H and O–H groups in total. The molecule has 3 rings (SSSR count). The zero-order chi connectivity index (χ0) is 12.9. The van der Waals surface area contributed by atoms with Gasteiger partial charge in [-0.05, 0) is 31.7 Å². The summed E-state index contributed by atoms with van der Waals surface area (Å²) >= 11 is 0. The summed E-state index contributed by atoms with van der Waals surface area (Å²) in [7, 11) is 0. The Kier molecular flexibility index (Phi) is 4.45. The fraction of sp³-hybridized carbons (Fsp3) is 0.857. The number of nitrogens with zero attached hydrogens (tertiary/aromatic N) is 2. The van der Waals surface area contributed by atoms with Crippen molar-refractivity contribution in [1.29, 1.82) is 0 Å². The minimum atomic E-state index is 0.403. The molecule has 5 heteroatoms. The van der Waals surface area contributed by atoms with Gasteiger partial charge < -0.3 is 14.6 Å². The molecular weight excluding hydrogens is 242 g/mol. The lowest BCUT2D eigenvalue weighted by atomic mass is 10.1. The van der Waals surface area contributed by atoms with Gasteiger partial charge in [-0.15, -0.1) is 0 Å². The zero-order valence-corrected chi connectivity index (χ0v) is 11.4. The predicted octanol–water partition coefficient (Wildman–Crippen LogP) is 1.90. The Labute approximate surface area is 114 Å². The Morgan fingerprint density at radius 2 is 2.16 bits per heavy atom. The van der Waals surface area contributed by atoms with Crippen molar-refractivity contribution in [3.63, 3.8) is 0 Å². The van der Waals surface area contributed by atoms with Gasteiger partial charge in [0.25, 0.3) is 0 Å². The molecule has 1 saturated carbocycles. The predicted molar refractivity (Wildman–Crippen MR) is 71.0 cm³/mol. The van der Waals surface area contributed by atoms with Crippen molar-refractivity contribution in [2.24, 2.45) is 5.92 Å². The van der Waals surface area contributed by atoms with Gasteiger partial charge in [-0.2, -0.15) is 4.98 Å². The van der Waals surface area contributed by atoms with E-state index in [-0.39, 0.29) is 0 Å². The fourth-order valence-electron chi connectivity index (χ4n) is 2.99. The van der Waals surface area contributed by atoms with Crippen molar-refractivity contribution in [1.82, 2.24) is 15.5 Å². The number of hydrogen-bond donors (Lipinski definition) is 1. The summed E-state index contributed by atoms with van der Waals surface area (Å²) in [5, 5.41) is 7.35. The lowest BCUT2D eigenvalue weighted by Crippen LogP contribution is -2.09. The highest BCUT2D eigenvalue weighted by atomic mass is 16.5. The van der Waals surface area contributed by atoms with Gasteiger partial charge in [-0.3, -0.25) is 0 Å². The molecule has 0 radical (unpaired) electrons. The van der Waals surface area contributed by atoms with Crippen LogP contribution in [0.25, 0.3) is 0 Å². The first-order valence-electron chi connectivity index (χ1n) is 7.53. The van der Waals surface area contributed by atoms with Crippen molar-refractivity contribution < 1.29 is 9.26 Å². The van der Waals surface area contributed by atoms with Crippen LogP contribution >= 0.6 is 0 Å². The molecule has 106 valence electrons. The fourth-order valence-corrected chi connectivity index (χ4v) is 2.99. The maximum atomic E-state index is 5.72. The average molecular weight is 265 g/mol. The van der Waals surface area contributed by atoms with E-state index in [1.165, 1.54) is 25.7 Å². The number of ether oxygens (including phenoxy) is 1. The highest BCUT2D eigenvalue weighted by Crippen LogP contribution is 2.24. The molecule has 0 bridgehead atoms. The first-order chi connectivity index (χ1) is 9.42. The molecule has 1 aliphatic heterocycles. The Morgan fingerprint density at radius 1 is 1.26 bits per heavy atom. The van der Waals surface area contributed by atoms with E-state index in [4.69, 9.17) is 9.26 Å². The summed E-state index contributed by atoms with van der Waals surface area (Å²) in [6.07, 6.45) is 7.27. The number of nitrogens with one attached hydrogen (secondary N) is 1. The summed E-state index contributed by atoms with van der Waals surface area (Å²) in [6.45, 7) is 3.61. The molecule has 1 unspecified atom stereocenters. The third kappa shape index (κ3) is 3.54. The van der Waals surface area contributed by atoms with Gasteiger partial charge in [-0.1, -0.05) is 18.0 Å². The first kappa shape index (κ1) is 13.1. The van der Waals surface area contributed by atoms with Gasteiger partial charge in [0.2, 0.25) is 5.89 Å². The highest BCUT2D eigenvalue weighted by molar-refractivity contribution is 4.98. The Morgan fingerprint density at radius 3 is 2.95 bits per heavy atom. The second-order valence-corrected chi connectivity index (χ2v) is 5.71. The number of hydrogen-bond acceptors (Lipinski definition) is 5. The van der Waals surface area contributed by atoms with Crippen molar-refractivity contribution in [2.75, 3.05) is 26.3 Å². The molecule has 1 aliphatic carbocycles. The SMILES string of the molecule is C1CCC(COCCc2noc(C3CCNC3)n2)C1. The second kappa shape index (κ2) is 6.48. The molecule has 2 aliphatic rings. The largest absolute Gasteiger partial charge is 0.381 e. The van der Waals surface area contributed by atoms with Crippen LogP contribution in [0.1, 0.15) is 49.7 Å². The van der Waals surface area contributed by atoms with Crippen molar-refractivity contribution in [2.45, 2.75) is 44.4 Å². The lowest BCUT2D eigenvalue weighted by Gasteiger charge is -2.08. The molecule has 1 atom stereocenters. The topological polar surface area (TPSA) is 60.2 Å². The summed E-state index contributed by atoms with van der Waals surface area (Å²) in [6, 6.07) is 0. The number of aromatic nitrogens is 2. The van der Waals surface area contributed by atoms with E-state index >= 15 is 0 Å². The Hall–Kier alpha value is -0.940. The summed E-state index contributed by atoms with van der Waals surface area (Å²) in [5.74, 6) is 2.76. The normalized spacial score (nSPS) is 24.3. The van der Waals surface area contributed by atoms with Gasteiger partial charge in [0.15, 0.2) is 5.82 Å². The van der Waals surface area contributed by atoms with Crippen LogP contribution in [0.3, 0.4) is 0 Å². The van der Waals surface area contributed by atoms with Crippen LogP contribution in [-0.2, 0) is 11.2 Å². The smallest absolute Gasteiger partial charge is 0.231 e. The Balaban J connectivity index is 1.37. The third-order valence-electron chi connectivity index (χ3n) is 4.19. The van der Waals surface area contributed by atoms with E-state index in [2.05, 4.69) is 15.5 Å². The van der Waals surface area contributed by atoms with Crippen LogP contribution in [0.4, 0.5) is 0 Å². The quantitative estimate of drug-likeness (QED) is 0.796.